The molecule has 0 fully saturated rings. The normalized spacial score (nSPS) is 16.9. The summed E-state index contributed by atoms with van der Waals surface area (Å²) in [5.41, 5.74) is 9.70. The van der Waals surface area contributed by atoms with E-state index in [0.29, 0.717) is 0 Å². The number of hydrogen-bond acceptors (Lipinski definition) is 5. The Hall–Kier alpha value is -7.02. The van der Waals surface area contributed by atoms with Crippen LogP contribution in [0.2, 0.25) is 0 Å². The van der Waals surface area contributed by atoms with Crippen LogP contribution in [0.1, 0.15) is 17.5 Å². The molecule has 3 aromatic heterocycles. The monoisotopic (exact) mass is 750 g/mol. The van der Waals surface area contributed by atoms with Gasteiger partial charge in [-0.15, -0.1) is 11.3 Å². The van der Waals surface area contributed by atoms with Crippen LogP contribution in [0.4, 0.5) is 0 Å². The van der Waals surface area contributed by atoms with Crippen LogP contribution in [0, 0.1) is 5.92 Å². The van der Waals surface area contributed by atoms with Crippen molar-refractivity contribution in [3.8, 4) is 16.8 Å². The van der Waals surface area contributed by atoms with Gasteiger partial charge in [-0.2, -0.15) is 0 Å². The van der Waals surface area contributed by atoms with Crippen molar-refractivity contribution < 1.29 is 4.42 Å². The number of rotatable bonds is 5. The van der Waals surface area contributed by atoms with Crippen LogP contribution < -0.4 is 5.32 Å². The maximum Gasteiger partial charge on any atom is 0.159 e. The Balaban J connectivity index is 1.04. The largest absolute Gasteiger partial charge is 0.456 e. The van der Waals surface area contributed by atoms with Gasteiger partial charge in [0.2, 0.25) is 0 Å². The molecule has 2 unspecified atom stereocenters. The van der Waals surface area contributed by atoms with Crippen LogP contribution in [0.5, 0.6) is 0 Å². The Bertz CT molecular complexity index is 3320. The first-order valence-electron chi connectivity index (χ1n) is 19.5. The Kier molecular flexibility index (Phi) is 7.22. The summed E-state index contributed by atoms with van der Waals surface area (Å²) in [6.07, 6.45) is 9.51. The summed E-state index contributed by atoms with van der Waals surface area (Å²) in [4.78, 5) is 10.4. The molecule has 2 atom stereocenters. The zero-order valence-electron chi connectivity index (χ0n) is 30.8. The molecule has 6 heteroatoms. The number of para-hydroxylation sites is 2. The Morgan fingerprint density at radius 3 is 2.14 bits per heavy atom. The van der Waals surface area contributed by atoms with E-state index in [2.05, 4.69) is 180 Å². The maximum absolute atomic E-state index is 6.60. The topological polar surface area (TPSA) is 54.8 Å². The molecule has 0 radical (unpaired) electrons. The maximum atomic E-state index is 6.60. The summed E-state index contributed by atoms with van der Waals surface area (Å²) in [5.74, 6) is 1.85. The molecular weight excluding hydrogens is 717 g/mol. The van der Waals surface area contributed by atoms with Gasteiger partial charge in [0, 0.05) is 64.4 Å². The minimum Gasteiger partial charge on any atom is -0.456 e. The Morgan fingerprint density at radius 2 is 1.33 bits per heavy atom. The number of nitrogens with zero attached hydrogens (tertiary/aromatic N) is 3. The third-order valence-corrected chi connectivity index (χ3v) is 12.8. The highest BCUT2D eigenvalue weighted by Crippen LogP contribution is 2.45. The number of benzene rings is 7. The molecule has 4 heterocycles. The van der Waals surface area contributed by atoms with E-state index in [0.717, 1.165) is 62.4 Å². The number of aliphatic imine (C=N–C) groups is 2. The van der Waals surface area contributed by atoms with Gasteiger partial charge in [0.1, 0.15) is 23.2 Å². The van der Waals surface area contributed by atoms with Gasteiger partial charge in [-0.1, -0.05) is 127 Å². The van der Waals surface area contributed by atoms with Crippen molar-refractivity contribution in [2.24, 2.45) is 15.9 Å². The van der Waals surface area contributed by atoms with Crippen molar-refractivity contribution in [1.82, 2.24) is 9.88 Å². The van der Waals surface area contributed by atoms with E-state index >= 15 is 0 Å². The quantitative estimate of drug-likeness (QED) is 0.190. The van der Waals surface area contributed by atoms with Crippen LogP contribution in [0.3, 0.4) is 0 Å². The lowest BCUT2D eigenvalue weighted by Crippen LogP contribution is -2.43. The van der Waals surface area contributed by atoms with Crippen molar-refractivity contribution in [2.75, 3.05) is 0 Å². The van der Waals surface area contributed by atoms with Gasteiger partial charge in [0.05, 0.1) is 11.0 Å². The average Bonchev–Trinajstić information content (AvgIpc) is 3.96. The molecular formula is C51H34N4OS. The number of allylic oxidation sites excluding steroid dienone is 3. The molecule has 0 saturated heterocycles. The van der Waals surface area contributed by atoms with Gasteiger partial charge in [-0.3, -0.25) is 0 Å². The summed E-state index contributed by atoms with van der Waals surface area (Å²) in [6, 6.07) is 54.1. The Morgan fingerprint density at radius 1 is 0.614 bits per heavy atom. The molecule has 1 aliphatic carbocycles. The molecule has 2 aliphatic rings. The smallest absolute Gasteiger partial charge is 0.159 e. The summed E-state index contributed by atoms with van der Waals surface area (Å²) in [5, 5.41) is 10.9. The summed E-state index contributed by atoms with van der Waals surface area (Å²) in [6.45, 7) is 0. The second-order valence-corrected chi connectivity index (χ2v) is 15.9. The molecule has 0 amide bonds. The molecule has 0 spiro atoms. The van der Waals surface area contributed by atoms with Crippen LogP contribution >= 0.6 is 11.3 Å². The van der Waals surface area contributed by atoms with Crippen molar-refractivity contribution in [2.45, 2.75) is 12.6 Å². The standard InChI is InChI=1S/C51H34N4OS/c1-3-14-31(15-4-1)49-52-50(32-16-5-2-6-17-32)54-51(53-49)39-23-11-22-38-47-37(21-13-27-45(47)57-48(38)39)36-20-12-26-44-46(36)40-30-33(28-29-43(40)56-44)55-41-24-9-7-18-34(41)35-19-8-10-25-42(35)55/h1-16,18-30,32,50H,17H2,(H,52,53,54). The van der Waals surface area contributed by atoms with Crippen LogP contribution in [0.15, 0.2) is 190 Å². The fourth-order valence-electron chi connectivity index (χ4n) is 9.01. The van der Waals surface area contributed by atoms with Gasteiger partial charge in [-0.25, -0.2) is 9.98 Å². The number of aromatic nitrogens is 1. The minimum absolute atomic E-state index is 0.131. The molecule has 5 nitrogen and oxygen atoms in total. The number of hydrogen-bond donors (Lipinski definition) is 1. The molecule has 0 bridgehead atoms. The second-order valence-electron chi connectivity index (χ2n) is 14.9. The lowest BCUT2D eigenvalue weighted by Gasteiger charge is -2.28. The van der Waals surface area contributed by atoms with Gasteiger partial charge in [-0.05, 0) is 66.1 Å². The molecule has 57 heavy (non-hydrogen) atoms. The molecule has 270 valence electrons. The predicted octanol–water partition coefficient (Wildman–Crippen LogP) is 13.0. The first-order chi connectivity index (χ1) is 28.3. The predicted molar refractivity (Wildman–Crippen MR) is 239 cm³/mol. The molecule has 10 aromatic rings. The summed E-state index contributed by atoms with van der Waals surface area (Å²) < 4.78 is 11.4. The van der Waals surface area contributed by atoms with E-state index in [1.807, 2.05) is 17.4 Å². The lowest BCUT2D eigenvalue weighted by molar-refractivity contribution is 0.475. The number of fused-ring (bicyclic) bond motifs is 9. The average molecular weight is 751 g/mol. The first-order valence-corrected chi connectivity index (χ1v) is 20.3. The molecule has 12 rings (SSSR count). The number of nitrogens with one attached hydrogen (secondary N) is 1. The molecule has 1 N–H and O–H groups in total. The highest BCUT2D eigenvalue weighted by Gasteiger charge is 2.27. The third kappa shape index (κ3) is 5.07. The van der Waals surface area contributed by atoms with Crippen LogP contribution in [0.25, 0.3) is 80.7 Å². The fraction of sp³-hybridized carbons (Fsp3) is 0.0588. The Labute approximate surface area is 332 Å². The van der Waals surface area contributed by atoms with Crippen LogP contribution in [-0.4, -0.2) is 22.4 Å². The van der Waals surface area contributed by atoms with Gasteiger partial charge < -0.3 is 14.3 Å². The van der Waals surface area contributed by atoms with Gasteiger partial charge in [0.25, 0.3) is 0 Å². The summed E-state index contributed by atoms with van der Waals surface area (Å²) >= 11 is 1.83. The first kappa shape index (κ1) is 32.2. The van der Waals surface area contributed by atoms with E-state index in [-0.39, 0.29) is 12.1 Å². The van der Waals surface area contributed by atoms with E-state index in [4.69, 9.17) is 14.4 Å². The SMILES string of the molecule is C1=CCC(C2N=C(c3ccccc3)N=C(c3cccc4c3sc3cccc(-c5cccc6oc7ccc(-n8c9ccccc9c9ccccc98)cc7c56)c34)N2)C=C1. The second kappa shape index (κ2) is 12.8. The van der Waals surface area contributed by atoms with E-state index in [9.17, 15) is 0 Å². The zero-order valence-corrected chi connectivity index (χ0v) is 31.6. The fourth-order valence-corrected chi connectivity index (χ4v) is 10.3. The van der Waals surface area contributed by atoms with Gasteiger partial charge >= 0.3 is 0 Å². The van der Waals surface area contributed by atoms with Crippen molar-refractivity contribution in [1.29, 1.82) is 0 Å². The zero-order chi connectivity index (χ0) is 37.5. The van der Waals surface area contributed by atoms with E-state index in [1.165, 1.54) is 47.5 Å². The number of thiophene rings is 1. The highest BCUT2D eigenvalue weighted by atomic mass is 32.1. The summed E-state index contributed by atoms with van der Waals surface area (Å²) in [7, 11) is 0. The highest BCUT2D eigenvalue weighted by molar-refractivity contribution is 7.26. The third-order valence-electron chi connectivity index (χ3n) is 11.6. The molecule has 1 aliphatic heterocycles. The number of amidine groups is 2. The van der Waals surface area contributed by atoms with E-state index < -0.39 is 0 Å². The number of furan rings is 1. The lowest BCUT2D eigenvalue weighted by atomic mass is 9.94. The van der Waals surface area contributed by atoms with Crippen molar-refractivity contribution in [3.05, 3.63) is 187 Å². The molecule has 7 aromatic carbocycles. The molecule has 0 saturated carbocycles. The van der Waals surface area contributed by atoms with Gasteiger partial charge in [0.15, 0.2) is 5.84 Å². The van der Waals surface area contributed by atoms with E-state index in [1.54, 1.807) is 0 Å². The van der Waals surface area contributed by atoms with Crippen molar-refractivity contribution >= 4 is 86.9 Å². The minimum atomic E-state index is -0.131. The van der Waals surface area contributed by atoms with Crippen molar-refractivity contribution in [3.63, 3.8) is 0 Å². The van der Waals surface area contributed by atoms with Crippen LogP contribution in [-0.2, 0) is 0 Å².